The molecule has 2 nitrogen and oxygen atoms in total. The molecule has 0 aliphatic carbocycles. The minimum Gasteiger partial charge on any atom is -0.385 e. The first-order valence-electron chi connectivity index (χ1n) is 6.15. The van der Waals surface area contributed by atoms with Gasteiger partial charge in [0.25, 0.3) is 0 Å². The lowest BCUT2D eigenvalue weighted by atomic mass is 10.3. The Morgan fingerprint density at radius 2 is 1.95 bits per heavy atom. The number of benzene rings is 2. The van der Waals surface area contributed by atoms with Gasteiger partial charge < -0.3 is 5.32 Å². The zero-order valence-corrected chi connectivity index (χ0v) is 11.1. The van der Waals surface area contributed by atoms with E-state index in [9.17, 15) is 4.39 Å². The zero-order chi connectivity index (χ0) is 13.1. The van der Waals surface area contributed by atoms with E-state index < -0.39 is 0 Å². The summed E-state index contributed by atoms with van der Waals surface area (Å²) < 4.78 is 14.0. The van der Waals surface area contributed by atoms with E-state index in [-0.39, 0.29) is 5.82 Å². The smallest absolute Gasteiger partial charge is 0.124 e. The topological polar surface area (TPSA) is 24.9 Å². The minimum absolute atomic E-state index is 0.204. The molecule has 0 unspecified atom stereocenters. The highest BCUT2D eigenvalue weighted by molar-refractivity contribution is 7.18. The zero-order valence-electron chi connectivity index (χ0n) is 10.3. The van der Waals surface area contributed by atoms with Gasteiger partial charge in [0.1, 0.15) is 5.82 Å². The molecule has 0 saturated heterocycles. The van der Waals surface area contributed by atoms with E-state index in [1.807, 2.05) is 30.3 Å². The van der Waals surface area contributed by atoms with Gasteiger partial charge in [-0.15, -0.1) is 11.3 Å². The number of rotatable bonds is 4. The molecule has 0 radical (unpaired) electrons. The van der Waals surface area contributed by atoms with Crippen LogP contribution >= 0.6 is 11.3 Å². The maximum Gasteiger partial charge on any atom is 0.124 e. The van der Waals surface area contributed by atoms with E-state index in [1.165, 1.54) is 6.07 Å². The van der Waals surface area contributed by atoms with E-state index in [4.69, 9.17) is 0 Å². The summed E-state index contributed by atoms with van der Waals surface area (Å²) in [7, 11) is 0. The third-order valence-corrected chi connectivity index (χ3v) is 3.91. The van der Waals surface area contributed by atoms with Gasteiger partial charge >= 0.3 is 0 Å². The SMILES string of the molecule is Fc1ccc2nc(CCNc3ccccc3)sc2c1. The highest BCUT2D eigenvalue weighted by Gasteiger charge is 2.04. The average Bonchev–Trinajstić information content (AvgIpc) is 2.82. The number of aromatic nitrogens is 1. The Labute approximate surface area is 114 Å². The van der Waals surface area contributed by atoms with E-state index in [0.29, 0.717) is 0 Å². The Morgan fingerprint density at radius 3 is 2.79 bits per heavy atom. The average molecular weight is 272 g/mol. The maximum absolute atomic E-state index is 13.1. The van der Waals surface area contributed by atoms with Gasteiger partial charge in [0.2, 0.25) is 0 Å². The van der Waals surface area contributed by atoms with Crippen molar-refractivity contribution in [1.82, 2.24) is 4.98 Å². The first-order valence-corrected chi connectivity index (χ1v) is 6.97. The number of fused-ring (bicyclic) bond motifs is 1. The molecular weight excluding hydrogens is 259 g/mol. The predicted molar refractivity (Wildman–Crippen MR) is 78.2 cm³/mol. The van der Waals surface area contributed by atoms with Crippen LogP contribution in [0.25, 0.3) is 10.2 Å². The molecule has 0 fully saturated rings. The van der Waals surface area contributed by atoms with E-state index in [0.717, 1.165) is 33.9 Å². The summed E-state index contributed by atoms with van der Waals surface area (Å²) >= 11 is 1.56. The van der Waals surface area contributed by atoms with Crippen molar-refractivity contribution in [3.8, 4) is 0 Å². The molecular formula is C15H13FN2S. The van der Waals surface area contributed by atoms with Gasteiger partial charge in [-0.2, -0.15) is 0 Å². The summed E-state index contributed by atoms with van der Waals surface area (Å²) in [4.78, 5) is 4.50. The number of hydrogen-bond donors (Lipinski definition) is 1. The van der Waals surface area contributed by atoms with Crippen molar-refractivity contribution >= 4 is 27.2 Å². The van der Waals surface area contributed by atoms with Gasteiger partial charge in [-0.1, -0.05) is 18.2 Å². The van der Waals surface area contributed by atoms with Gasteiger partial charge in [0, 0.05) is 18.7 Å². The Bertz CT molecular complexity index is 679. The molecule has 3 rings (SSSR count). The van der Waals surface area contributed by atoms with Crippen LogP contribution in [0.2, 0.25) is 0 Å². The predicted octanol–water partition coefficient (Wildman–Crippen LogP) is 4.09. The molecule has 0 amide bonds. The van der Waals surface area contributed by atoms with Crippen LogP contribution in [0.15, 0.2) is 48.5 Å². The fraction of sp³-hybridized carbons (Fsp3) is 0.133. The molecule has 1 heterocycles. The van der Waals surface area contributed by atoms with Crippen molar-refractivity contribution < 1.29 is 4.39 Å². The molecule has 0 atom stereocenters. The largest absolute Gasteiger partial charge is 0.385 e. The van der Waals surface area contributed by atoms with Crippen molar-refractivity contribution in [1.29, 1.82) is 0 Å². The first-order chi connectivity index (χ1) is 9.31. The molecule has 4 heteroatoms. The van der Waals surface area contributed by atoms with Crippen molar-refractivity contribution in [3.63, 3.8) is 0 Å². The van der Waals surface area contributed by atoms with Crippen LogP contribution in [-0.2, 0) is 6.42 Å². The minimum atomic E-state index is -0.204. The monoisotopic (exact) mass is 272 g/mol. The number of nitrogens with zero attached hydrogens (tertiary/aromatic N) is 1. The maximum atomic E-state index is 13.1. The van der Waals surface area contributed by atoms with E-state index in [1.54, 1.807) is 23.5 Å². The summed E-state index contributed by atoms with van der Waals surface area (Å²) in [6.45, 7) is 0.826. The number of thiazole rings is 1. The molecule has 19 heavy (non-hydrogen) atoms. The Hall–Kier alpha value is -1.94. The molecule has 1 aromatic heterocycles. The molecule has 96 valence electrons. The van der Waals surface area contributed by atoms with E-state index >= 15 is 0 Å². The quantitative estimate of drug-likeness (QED) is 0.773. The summed E-state index contributed by atoms with van der Waals surface area (Å²) in [5.41, 5.74) is 1.98. The standard InChI is InChI=1S/C15H13FN2S/c16-11-6-7-13-14(10-11)19-15(18-13)8-9-17-12-4-2-1-3-5-12/h1-7,10,17H,8-9H2. The van der Waals surface area contributed by atoms with Crippen LogP contribution in [0.1, 0.15) is 5.01 Å². The van der Waals surface area contributed by atoms with Crippen LogP contribution in [0, 0.1) is 5.82 Å². The molecule has 0 aliphatic rings. The number of nitrogens with one attached hydrogen (secondary N) is 1. The van der Waals surface area contributed by atoms with Crippen LogP contribution in [0.3, 0.4) is 0 Å². The van der Waals surface area contributed by atoms with Crippen LogP contribution in [-0.4, -0.2) is 11.5 Å². The van der Waals surface area contributed by atoms with Crippen molar-refractivity contribution in [2.75, 3.05) is 11.9 Å². The molecule has 0 aliphatic heterocycles. The van der Waals surface area contributed by atoms with Crippen molar-refractivity contribution in [2.45, 2.75) is 6.42 Å². The van der Waals surface area contributed by atoms with Gasteiger partial charge in [0.05, 0.1) is 15.2 Å². The van der Waals surface area contributed by atoms with Gasteiger partial charge in [-0.3, -0.25) is 0 Å². The highest BCUT2D eigenvalue weighted by Crippen LogP contribution is 2.23. The lowest BCUT2D eigenvalue weighted by Gasteiger charge is -2.03. The highest BCUT2D eigenvalue weighted by atomic mass is 32.1. The lowest BCUT2D eigenvalue weighted by molar-refractivity contribution is 0.630. The van der Waals surface area contributed by atoms with Crippen LogP contribution < -0.4 is 5.32 Å². The third-order valence-electron chi connectivity index (χ3n) is 2.84. The van der Waals surface area contributed by atoms with Crippen LogP contribution in [0.5, 0.6) is 0 Å². The Morgan fingerprint density at radius 1 is 1.11 bits per heavy atom. The number of anilines is 1. The molecule has 0 saturated carbocycles. The molecule has 2 aromatic carbocycles. The molecule has 3 aromatic rings. The summed E-state index contributed by atoms with van der Waals surface area (Å²) in [5, 5.41) is 4.37. The Kier molecular flexibility index (Phi) is 3.42. The lowest BCUT2D eigenvalue weighted by Crippen LogP contribution is -2.04. The molecule has 0 bridgehead atoms. The summed E-state index contributed by atoms with van der Waals surface area (Å²) in [6.07, 6.45) is 0.843. The second-order valence-electron chi connectivity index (χ2n) is 4.26. The fourth-order valence-corrected chi connectivity index (χ4v) is 2.91. The van der Waals surface area contributed by atoms with Crippen molar-refractivity contribution in [3.05, 3.63) is 59.4 Å². The number of hydrogen-bond acceptors (Lipinski definition) is 3. The third kappa shape index (κ3) is 2.90. The van der Waals surface area contributed by atoms with E-state index in [2.05, 4.69) is 10.3 Å². The second-order valence-corrected chi connectivity index (χ2v) is 5.38. The van der Waals surface area contributed by atoms with Gasteiger partial charge in [-0.05, 0) is 30.3 Å². The summed E-state index contributed by atoms with van der Waals surface area (Å²) in [5.74, 6) is -0.204. The number of para-hydroxylation sites is 1. The first kappa shape index (κ1) is 12.1. The second kappa shape index (κ2) is 5.36. The Balaban J connectivity index is 1.65. The van der Waals surface area contributed by atoms with Gasteiger partial charge in [0.15, 0.2) is 0 Å². The fourth-order valence-electron chi connectivity index (χ4n) is 1.92. The molecule has 1 N–H and O–H groups in total. The summed E-state index contributed by atoms with van der Waals surface area (Å²) in [6, 6.07) is 14.8. The van der Waals surface area contributed by atoms with Crippen molar-refractivity contribution in [2.24, 2.45) is 0 Å². The van der Waals surface area contributed by atoms with Crippen LogP contribution in [0.4, 0.5) is 10.1 Å². The number of halogens is 1. The molecule has 0 spiro atoms. The normalized spacial score (nSPS) is 10.8. The van der Waals surface area contributed by atoms with Gasteiger partial charge in [-0.25, -0.2) is 9.37 Å².